The summed E-state index contributed by atoms with van der Waals surface area (Å²) in [5, 5.41) is 0. The Balaban J connectivity index is 0.00000484. The first kappa shape index (κ1) is 23.3. The Morgan fingerprint density at radius 3 is 1.26 bits per heavy atom. The maximum Gasteiger partial charge on any atom is 0.0889 e. The summed E-state index contributed by atoms with van der Waals surface area (Å²) < 4.78 is 12.4. The molecule has 0 aliphatic rings. The van der Waals surface area contributed by atoms with Gasteiger partial charge in [0.25, 0.3) is 0 Å². The molecule has 2 nitrogen and oxygen atoms in total. The van der Waals surface area contributed by atoms with Crippen LogP contribution in [-0.2, 0) is 20.1 Å². The van der Waals surface area contributed by atoms with Crippen molar-refractivity contribution in [2.45, 2.75) is 78.0 Å². The summed E-state index contributed by atoms with van der Waals surface area (Å²) in [6.07, 6.45) is 0. The third-order valence-corrected chi connectivity index (χ3v) is 8.07. The fourth-order valence-electron chi connectivity index (χ4n) is 2.38. The van der Waals surface area contributed by atoms with Crippen LogP contribution in [0.3, 0.4) is 0 Å². The van der Waals surface area contributed by atoms with Crippen LogP contribution >= 0.6 is 16.3 Å². The molecule has 135 valence electrons. The Hall–Kier alpha value is 0.329. The number of hydrogen-bond acceptors (Lipinski definition) is 2. The second-order valence-electron chi connectivity index (χ2n) is 6.66. The maximum absolute atomic E-state index is 6.22. The number of rotatable bonds is 8. The molecular weight excluding hydrogens is 502 g/mol. The molecule has 0 spiro atoms. The number of hydrogen-bond donors (Lipinski definition) is 0. The van der Waals surface area contributed by atoms with Crippen molar-refractivity contribution in [2.75, 3.05) is 0 Å². The van der Waals surface area contributed by atoms with Gasteiger partial charge in [-0.15, -0.1) is 12.1 Å². The molecule has 1 aromatic carbocycles. The number of benzene rings is 1. The SMILES string of the molecule is CC(C)P(Oc1[c-]c(OP(C(C)C)C(C)C)ccc1)C(C)C.[Ir]. The van der Waals surface area contributed by atoms with Gasteiger partial charge in [0.15, 0.2) is 0 Å². The van der Waals surface area contributed by atoms with Gasteiger partial charge in [-0.1, -0.05) is 61.5 Å². The van der Waals surface area contributed by atoms with Gasteiger partial charge in [-0.3, -0.25) is 0 Å². The Morgan fingerprint density at radius 1 is 0.696 bits per heavy atom. The van der Waals surface area contributed by atoms with E-state index in [2.05, 4.69) is 61.5 Å². The third-order valence-electron chi connectivity index (χ3n) is 3.18. The van der Waals surface area contributed by atoms with Crippen LogP contribution in [0.25, 0.3) is 0 Å². The minimum absolute atomic E-state index is 0. The van der Waals surface area contributed by atoms with Crippen LogP contribution in [0.5, 0.6) is 11.5 Å². The average molecular weight is 534 g/mol. The van der Waals surface area contributed by atoms with Crippen molar-refractivity contribution >= 4 is 16.3 Å². The zero-order valence-corrected chi connectivity index (χ0v) is 19.8. The molecule has 0 fully saturated rings. The van der Waals surface area contributed by atoms with E-state index in [9.17, 15) is 0 Å². The van der Waals surface area contributed by atoms with Crippen LogP contribution in [-0.4, -0.2) is 22.6 Å². The molecule has 5 heteroatoms. The van der Waals surface area contributed by atoms with Crippen molar-refractivity contribution in [1.82, 2.24) is 0 Å². The van der Waals surface area contributed by atoms with E-state index in [0.29, 0.717) is 22.6 Å². The third kappa shape index (κ3) is 7.83. The van der Waals surface area contributed by atoms with Crippen LogP contribution in [0.4, 0.5) is 0 Å². The van der Waals surface area contributed by atoms with Gasteiger partial charge >= 0.3 is 0 Å². The fourth-order valence-corrected chi connectivity index (χ4v) is 6.27. The van der Waals surface area contributed by atoms with Crippen molar-refractivity contribution < 1.29 is 29.2 Å². The van der Waals surface area contributed by atoms with E-state index in [1.54, 1.807) is 0 Å². The standard InChI is InChI=1S/C18H31O2P2.Ir/c1-13(2)21(14(3)4)19-17-10-9-11-18(12-17)20-22(15(5)6)16(7)8;/h9-11,13-16H,1-8H3;/q-1;. The summed E-state index contributed by atoms with van der Waals surface area (Å²) >= 11 is 0. The molecule has 0 amide bonds. The largest absolute Gasteiger partial charge is 0.499 e. The molecule has 1 radical (unpaired) electrons. The topological polar surface area (TPSA) is 18.5 Å². The Labute approximate surface area is 159 Å². The molecule has 0 aromatic heterocycles. The average Bonchev–Trinajstić information content (AvgIpc) is 2.41. The summed E-state index contributed by atoms with van der Waals surface area (Å²) in [5.74, 6) is 1.63. The van der Waals surface area contributed by atoms with Gasteiger partial charge in [-0.2, -0.15) is 6.07 Å². The minimum Gasteiger partial charge on any atom is -0.499 e. The quantitative estimate of drug-likeness (QED) is 0.275. The Kier molecular flexibility index (Phi) is 11.2. The van der Waals surface area contributed by atoms with E-state index >= 15 is 0 Å². The zero-order valence-electron chi connectivity index (χ0n) is 15.6. The molecule has 0 N–H and O–H groups in total. The smallest absolute Gasteiger partial charge is 0.0889 e. The van der Waals surface area contributed by atoms with Gasteiger partial charge in [0, 0.05) is 54.2 Å². The Bertz CT molecular complexity index is 397. The van der Waals surface area contributed by atoms with Crippen molar-refractivity contribution in [2.24, 2.45) is 0 Å². The van der Waals surface area contributed by atoms with Crippen LogP contribution in [0, 0.1) is 6.07 Å². The molecule has 1 rings (SSSR count). The van der Waals surface area contributed by atoms with Crippen molar-refractivity contribution in [3.8, 4) is 11.5 Å². The first-order valence-electron chi connectivity index (χ1n) is 8.17. The molecule has 0 aliphatic heterocycles. The summed E-state index contributed by atoms with van der Waals surface area (Å²) in [6, 6.07) is 9.29. The van der Waals surface area contributed by atoms with Crippen LogP contribution in [0.2, 0.25) is 0 Å². The molecule has 1 aromatic rings. The van der Waals surface area contributed by atoms with Crippen molar-refractivity contribution in [3.05, 3.63) is 24.3 Å². The normalized spacial score (nSPS) is 11.7. The van der Waals surface area contributed by atoms with Gasteiger partial charge in [0.1, 0.15) is 0 Å². The van der Waals surface area contributed by atoms with Gasteiger partial charge in [0.05, 0.1) is 16.3 Å². The van der Waals surface area contributed by atoms with E-state index < -0.39 is 16.3 Å². The summed E-state index contributed by atoms with van der Waals surface area (Å²) in [7, 11) is -0.988. The molecule has 0 saturated heterocycles. The van der Waals surface area contributed by atoms with Crippen LogP contribution in [0.1, 0.15) is 55.4 Å². The van der Waals surface area contributed by atoms with Crippen molar-refractivity contribution in [3.63, 3.8) is 0 Å². The van der Waals surface area contributed by atoms with Gasteiger partial charge in [-0.05, 0) is 0 Å². The van der Waals surface area contributed by atoms with E-state index in [1.165, 1.54) is 0 Å². The van der Waals surface area contributed by atoms with E-state index in [1.807, 2.05) is 18.2 Å². The van der Waals surface area contributed by atoms with Gasteiger partial charge < -0.3 is 9.05 Å². The first-order chi connectivity index (χ1) is 10.2. The molecule has 23 heavy (non-hydrogen) atoms. The molecule has 0 saturated carbocycles. The molecule has 0 aliphatic carbocycles. The molecule has 0 bridgehead atoms. The molecule has 0 heterocycles. The summed E-state index contributed by atoms with van der Waals surface area (Å²) in [6.45, 7) is 17.8. The van der Waals surface area contributed by atoms with Gasteiger partial charge in [-0.25, -0.2) is 0 Å². The molecular formula is C18H31IrO2P2-. The second kappa shape index (κ2) is 11.0. The van der Waals surface area contributed by atoms with E-state index in [4.69, 9.17) is 9.05 Å². The van der Waals surface area contributed by atoms with E-state index in [0.717, 1.165) is 11.5 Å². The summed E-state index contributed by atoms with van der Waals surface area (Å²) in [5.41, 5.74) is 2.15. The molecule has 0 atom stereocenters. The van der Waals surface area contributed by atoms with Crippen molar-refractivity contribution in [1.29, 1.82) is 0 Å². The Morgan fingerprint density at radius 2 is 1.00 bits per heavy atom. The van der Waals surface area contributed by atoms with Gasteiger partial charge in [0.2, 0.25) is 0 Å². The predicted molar refractivity (Wildman–Crippen MR) is 101 cm³/mol. The first-order valence-corrected chi connectivity index (χ1v) is 11.0. The van der Waals surface area contributed by atoms with E-state index in [-0.39, 0.29) is 20.1 Å². The maximum atomic E-state index is 6.22. The van der Waals surface area contributed by atoms with Crippen LogP contribution in [0.15, 0.2) is 18.2 Å². The zero-order chi connectivity index (χ0) is 16.9. The minimum atomic E-state index is -0.494. The van der Waals surface area contributed by atoms with Crippen LogP contribution < -0.4 is 9.05 Å². The predicted octanol–water partition coefficient (Wildman–Crippen LogP) is 6.67. The monoisotopic (exact) mass is 534 g/mol. The second-order valence-corrected chi connectivity index (χ2v) is 12.6. The summed E-state index contributed by atoms with van der Waals surface area (Å²) in [4.78, 5) is 0. The molecule has 0 unspecified atom stereocenters. The fraction of sp³-hybridized carbons (Fsp3) is 0.667.